The molecule has 0 aliphatic carbocycles. The molecule has 2 aromatic carbocycles. The van der Waals surface area contributed by atoms with E-state index in [0.29, 0.717) is 13.2 Å². The lowest BCUT2D eigenvalue weighted by Gasteiger charge is -2.07. The van der Waals surface area contributed by atoms with Crippen LogP contribution in [0.1, 0.15) is 18.1 Å². The van der Waals surface area contributed by atoms with Crippen LogP contribution in [0.5, 0.6) is 11.5 Å². The van der Waals surface area contributed by atoms with Crippen molar-refractivity contribution in [2.75, 3.05) is 26.4 Å². The SMILES string of the molecule is CC(=Cc1ccc(OCCO)cc1)c1ccc(OCCO)cc1. The number of rotatable bonds is 8. The van der Waals surface area contributed by atoms with Crippen LogP contribution in [0.25, 0.3) is 11.6 Å². The highest BCUT2D eigenvalue weighted by atomic mass is 16.5. The molecule has 0 amide bonds. The molecule has 0 saturated carbocycles. The van der Waals surface area contributed by atoms with Crippen LogP contribution in [-0.2, 0) is 0 Å². The van der Waals surface area contributed by atoms with Gasteiger partial charge in [0.1, 0.15) is 24.7 Å². The Labute approximate surface area is 136 Å². The molecule has 0 fully saturated rings. The number of hydrogen-bond acceptors (Lipinski definition) is 4. The second-order valence-corrected chi connectivity index (χ2v) is 5.06. The van der Waals surface area contributed by atoms with E-state index in [2.05, 4.69) is 13.0 Å². The molecule has 2 rings (SSSR count). The molecule has 4 heteroatoms. The van der Waals surface area contributed by atoms with Gasteiger partial charge in [0, 0.05) is 0 Å². The normalized spacial score (nSPS) is 11.3. The molecule has 0 aromatic heterocycles. The standard InChI is InChI=1S/C19H22O4/c1-15(17-4-8-19(9-5-17)23-13-11-21)14-16-2-6-18(7-3-16)22-12-10-20/h2-9,14,20-21H,10-13H2,1H3. The summed E-state index contributed by atoms with van der Waals surface area (Å²) in [5.41, 5.74) is 3.34. The van der Waals surface area contributed by atoms with Crippen molar-refractivity contribution < 1.29 is 19.7 Å². The Morgan fingerprint density at radius 1 is 0.826 bits per heavy atom. The minimum atomic E-state index is 0.0126. The van der Waals surface area contributed by atoms with Crippen molar-refractivity contribution in [3.05, 3.63) is 59.7 Å². The first-order valence-electron chi connectivity index (χ1n) is 7.59. The fraction of sp³-hybridized carbons (Fsp3) is 0.263. The third-order valence-corrected chi connectivity index (χ3v) is 3.29. The molecule has 0 atom stereocenters. The van der Waals surface area contributed by atoms with Crippen LogP contribution < -0.4 is 9.47 Å². The van der Waals surface area contributed by atoms with E-state index < -0.39 is 0 Å². The molecule has 23 heavy (non-hydrogen) atoms. The van der Waals surface area contributed by atoms with E-state index in [9.17, 15) is 0 Å². The topological polar surface area (TPSA) is 58.9 Å². The summed E-state index contributed by atoms with van der Waals surface area (Å²) in [4.78, 5) is 0. The minimum absolute atomic E-state index is 0.0126. The van der Waals surface area contributed by atoms with Gasteiger partial charge in [-0.25, -0.2) is 0 Å². The lowest BCUT2D eigenvalue weighted by molar-refractivity contribution is 0.201. The Bertz CT molecular complexity index is 615. The predicted octanol–water partition coefficient (Wildman–Crippen LogP) is 2.99. The minimum Gasteiger partial charge on any atom is -0.491 e. The zero-order valence-corrected chi connectivity index (χ0v) is 13.2. The van der Waals surface area contributed by atoms with E-state index in [1.807, 2.05) is 48.5 Å². The Morgan fingerprint density at radius 2 is 1.30 bits per heavy atom. The van der Waals surface area contributed by atoms with Crippen molar-refractivity contribution in [3.8, 4) is 11.5 Å². The summed E-state index contributed by atoms with van der Waals surface area (Å²) < 4.78 is 10.7. The first-order valence-corrected chi connectivity index (χ1v) is 7.59. The number of allylic oxidation sites excluding steroid dienone is 1. The maximum atomic E-state index is 8.75. The Hall–Kier alpha value is -2.30. The molecule has 0 aliphatic heterocycles. The van der Waals surface area contributed by atoms with Gasteiger partial charge in [0.2, 0.25) is 0 Å². The van der Waals surface area contributed by atoms with E-state index in [0.717, 1.165) is 28.2 Å². The lowest BCUT2D eigenvalue weighted by atomic mass is 10.0. The van der Waals surface area contributed by atoms with Crippen molar-refractivity contribution >= 4 is 11.6 Å². The summed E-state index contributed by atoms with van der Waals surface area (Å²) in [6.45, 7) is 2.69. The molecule has 0 spiro atoms. The zero-order valence-electron chi connectivity index (χ0n) is 13.2. The van der Waals surface area contributed by atoms with Crippen LogP contribution in [0, 0.1) is 0 Å². The fourth-order valence-corrected chi connectivity index (χ4v) is 2.13. The maximum absolute atomic E-state index is 8.75. The van der Waals surface area contributed by atoms with Crippen LogP contribution >= 0.6 is 0 Å². The van der Waals surface area contributed by atoms with E-state index in [1.54, 1.807) is 0 Å². The van der Waals surface area contributed by atoms with E-state index in [1.165, 1.54) is 0 Å². The van der Waals surface area contributed by atoms with Gasteiger partial charge in [0.15, 0.2) is 0 Å². The van der Waals surface area contributed by atoms with Crippen molar-refractivity contribution in [1.82, 2.24) is 0 Å². The van der Waals surface area contributed by atoms with Gasteiger partial charge < -0.3 is 19.7 Å². The summed E-state index contributed by atoms with van der Waals surface area (Å²) in [6.07, 6.45) is 2.10. The fourth-order valence-electron chi connectivity index (χ4n) is 2.13. The number of aliphatic hydroxyl groups is 2. The van der Waals surface area contributed by atoms with Crippen molar-refractivity contribution in [2.24, 2.45) is 0 Å². The second kappa shape index (κ2) is 8.98. The second-order valence-electron chi connectivity index (χ2n) is 5.06. The Kier molecular flexibility index (Phi) is 6.66. The molecular weight excluding hydrogens is 292 g/mol. The highest BCUT2D eigenvalue weighted by Crippen LogP contribution is 2.22. The van der Waals surface area contributed by atoms with Crippen LogP contribution in [0.4, 0.5) is 0 Å². The van der Waals surface area contributed by atoms with Crippen LogP contribution in [0.3, 0.4) is 0 Å². The molecule has 2 aromatic rings. The molecule has 2 N–H and O–H groups in total. The zero-order chi connectivity index (χ0) is 16.5. The van der Waals surface area contributed by atoms with Gasteiger partial charge in [0.25, 0.3) is 0 Å². The molecule has 0 radical (unpaired) electrons. The van der Waals surface area contributed by atoms with Gasteiger partial charge in [0.05, 0.1) is 13.2 Å². The van der Waals surface area contributed by atoms with Crippen LogP contribution in [0.15, 0.2) is 48.5 Å². The smallest absolute Gasteiger partial charge is 0.119 e. The molecule has 0 bridgehead atoms. The quantitative estimate of drug-likeness (QED) is 0.736. The highest BCUT2D eigenvalue weighted by molar-refractivity contribution is 5.80. The number of benzene rings is 2. The number of ether oxygens (including phenoxy) is 2. The van der Waals surface area contributed by atoms with Gasteiger partial charge in [-0.2, -0.15) is 0 Å². The van der Waals surface area contributed by atoms with Gasteiger partial charge in [-0.1, -0.05) is 30.3 Å². The summed E-state index contributed by atoms with van der Waals surface area (Å²) in [5, 5.41) is 17.5. The summed E-state index contributed by atoms with van der Waals surface area (Å²) in [7, 11) is 0. The first kappa shape index (κ1) is 17.1. The third kappa shape index (κ3) is 5.43. The Balaban J connectivity index is 2.03. The maximum Gasteiger partial charge on any atom is 0.119 e. The average molecular weight is 314 g/mol. The first-order chi connectivity index (χ1) is 11.2. The largest absolute Gasteiger partial charge is 0.491 e. The van der Waals surface area contributed by atoms with Crippen LogP contribution in [-0.4, -0.2) is 36.6 Å². The van der Waals surface area contributed by atoms with Crippen molar-refractivity contribution in [1.29, 1.82) is 0 Å². The highest BCUT2D eigenvalue weighted by Gasteiger charge is 1.99. The van der Waals surface area contributed by atoms with Gasteiger partial charge in [-0.05, 0) is 47.9 Å². The van der Waals surface area contributed by atoms with E-state index in [-0.39, 0.29) is 13.2 Å². The van der Waals surface area contributed by atoms with E-state index >= 15 is 0 Å². The van der Waals surface area contributed by atoms with Crippen LogP contribution in [0.2, 0.25) is 0 Å². The molecule has 122 valence electrons. The molecular formula is C19H22O4. The monoisotopic (exact) mass is 314 g/mol. The molecule has 0 saturated heterocycles. The third-order valence-electron chi connectivity index (χ3n) is 3.29. The van der Waals surface area contributed by atoms with Gasteiger partial charge >= 0.3 is 0 Å². The summed E-state index contributed by atoms with van der Waals surface area (Å²) in [6, 6.07) is 15.5. The molecule has 0 unspecified atom stereocenters. The number of aliphatic hydroxyl groups excluding tert-OH is 2. The Morgan fingerprint density at radius 3 is 1.78 bits per heavy atom. The summed E-state index contributed by atoms with van der Waals surface area (Å²) in [5.74, 6) is 1.50. The van der Waals surface area contributed by atoms with E-state index in [4.69, 9.17) is 19.7 Å². The molecule has 4 nitrogen and oxygen atoms in total. The number of hydrogen-bond donors (Lipinski definition) is 2. The molecule has 0 aliphatic rings. The van der Waals surface area contributed by atoms with Gasteiger partial charge in [-0.15, -0.1) is 0 Å². The van der Waals surface area contributed by atoms with Gasteiger partial charge in [-0.3, -0.25) is 0 Å². The predicted molar refractivity (Wildman–Crippen MR) is 91.6 cm³/mol. The summed E-state index contributed by atoms with van der Waals surface area (Å²) >= 11 is 0. The molecule has 0 heterocycles. The lowest BCUT2D eigenvalue weighted by Crippen LogP contribution is -2.01. The van der Waals surface area contributed by atoms with Crippen molar-refractivity contribution in [3.63, 3.8) is 0 Å². The average Bonchev–Trinajstić information content (AvgIpc) is 2.59. The van der Waals surface area contributed by atoms with Crippen molar-refractivity contribution in [2.45, 2.75) is 6.92 Å².